The van der Waals surface area contributed by atoms with Crippen LogP contribution in [0.15, 0.2) is 28.8 Å². The van der Waals surface area contributed by atoms with E-state index in [1.54, 1.807) is 0 Å². The number of unbranched alkanes of at least 4 members (excludes halogenated alkanes) is 1. The topological polar surface area (TPSA) is 68.0 Å². The van der Waals surface area contributed by atoms with Gasteiger partial charge in [0, 0.05) is 24.9 Å². The van der Waals surface area contributed by atoms with Crippen LogP contribution in [0.3, 0.4) is 0 Å². The first-order valence-corrected chi connectivity index (χ1v) is 7.35. The van der Waals surface area contributed by atoms with E-state index in [0.717, 1.165) is 18.4 Å². The summed E-state index contributed by atoms with van der Waals surface area (Å²) >= 11 is 0. The highest BCUT2D eigenvalue weighted by Gasteiger charge is 2.08. The minimum absolute atomic E-state index is 0.0788. The van der Waals surface area contributed by atoms with Crippen molar-refractivity contribution >= 4 is 5.91 Å². The fraction of sp³-hybridized carbons (Fsp3) is 0.438. The van der Waals surface area contributed by atoms with Crippen LogP contribution in [0, 0.1) is 6.92 Å². The van der Waals surface area contributed by atoms with Gasteiger partial charge in [0.15, 0.2) is 0 Å². The first-order chi connectivity index (χ1) is 10.2. The number of aromatic nitrogens is 2. The van der Waals surface area contributed by atoms with Crippen LogP contribution in [0.1, 0.15) is 37.6 Å². The van der Waals surface area contributed by atoms with Crippen molar-refractivity contribution < 1.29 is 9.32 Å². The van der Waals surface area contributed by atoms with Crippen LogP contribution in [0.25, 0.3) is 11.4 Å². The van der Waals surface area contributed by atoms with Crippen molar-refractivity contribution in [3.05, 3.63) is 35.7 Å². The Morgan fingerprint density at radius 3 is 2.76 bits per heavy atom. The van der Waals surface area contributed by atoms with Gasteiger partial charge in [-0.3, -0.25) is 4.79 Å². The summed E-state index contributed by atoms with van der Waals surface area (Å²) in [5.41, 5.74) is 2.12. The van der Waals surface area contributed by atoms with Crippen LogP contribution in [0.5, 0.6) is 0 Å². The molecule has 0 spiro atoms. The zero-order valence-electron chi connectivity index (χ0n) is 12.6. The molecule has 5 heteroatoms. The monoisotopic (exact) mass is 287 g/mol. The lowest BCUT2D eigenvalue weighted by Crippen LogP contribution is -2.25. The second-order valence-corrected chi connectivity index (χ2v) is 5.08. The Labute approximate surface area is 124 Å². The number of benzene rings is 1. The van der Waals surface area contributed by atoms with Crippen LogP contribution in [-0.4, -0.2) is 22.6 Å². The molecule has 0 saturated heterocycles. The molecule has 1 heterocycles. The average Bonchev–Trinajstić information content (AvgIpc) is 2.95. The van der Waals surface area contributed by atoms with Crippen molar-refractivity contribution in [3.63, 3.8) is 0 Å². The van der Waals surface area contributed by atoms with E-state index < -0.39 is 0 Å². The predicted molar refractivity (Wildman–Crippen MR) is 80.7 cm³/mol. The summed E-state index contributed by atoms with van der Waals surface area (Å²) in [6.07, 6.45) is 3.08. The van der Waals surface area contributed by atoms with Gasteiger partial charge < -0.3 is 9.84 Å². The van der Waals surface area contributed by atoms with Gasteiger partial charge in [0.2, 0.25) is 17.6 Å². The third-order valence-corrected chi connectivity index (χ3v) is 3.20. The number of aryl methyl sites for hydroxylation is 1. The molecule has 2 rings (SSSR count). The molecule has 1 aromatic carbocycles. The molecular weight excluding hydrogens is 266 g/mol. The second kappa shape index (κ2) is 7.57. The molecule has 0 saturated carbocycles. The molecule has 0 fully saturated rings. The Hall–Kier alpha value is -2.17. The molecular formula is C16H21N3O2. The molecule has 112 valence electrons. The van der Waals surface area contributed by atoms with Crippen LogP contribution < -0.4 is 5.32 Å². The number of nitrogens with one attached hydrogen (secondary N) is 1. The van der Waals surface area contributed by atoms with Crippen LogP contribution >= 0.6 is 0 Å². The lowest BCUT2D eigenvalue weighted by Gasteiger charge is -2.01. The van der Waals surface area contributed by atoms with Gasteiger partial charge in [-0.1, -0.05) is 48.3 Å². The number of hydrogen-bond donors (Lipinski definition) is 1. The zero-order valence-corrected chi connectivity index (χ0v) is 12.6. The minimum Gasteiger partial charge on any atom is -0.356 e. The molecule has 0 radical (unpaired) electrons. The maximum Gasteiger partial charge on any atom is 0.228 e. The normalized spacial score (nSPS) is 10.6. The SMILES string of the molecule is CCCCC(=O)NCCc1nc(-c2ccc(C)cc2)no1. The third-order valence-electron chi connectivity index (χ3n) is 3.20. The lowest BCUT2D eigenvalue weighted by molar-refractivity contribution is -0.121. The average molecular weight is 287 g/mol. The van der Waals surface area contributed by atoms with E-state index in [0.29, 0.717) is 31.1 Å². The van der Waals surface area contributed by atoms with E-state index in [2.05, 4.69) is 22.4 Å². The quantitative estimate of drug-likeness (QED) is 0.850. The number of nitrogens with zero attached hydrogens (tertiary/aromatic N) is 2. The van der Waals surface area contributed by atoms with Gasteiger partial charge in [0.05, 0.1) is 0 Å². The standard InChI is InChI=1S/C16H21N3O2/c1-3-4-5-14(20)17-11-10-15-18-16(19-21-15)13-8-6-12(2)7-9-13/h6-9H,3-5,10-11H2,1-2H3,(H,17,20). The van der Waals surface area contributed by atoms with Crippen molar-refractivity contribution in [1.82, 2.24) is 15.5 Å². The maximum atomic E-state index is 11.5. The smallest absolute Gasteiger partial charge is 0.228 e. The fourth-order valence-electron chi connectivity index (χ4n) is 1.91. The maximum absolute atomic E-state index is 11.5. The van der Waals surface area contributed by atoms with Crippen molar-refractivity contribution in [1.29, 1.82) is 0 Å². The van der Waals surface area contributed by atoms with Crippen molar-refractivity contribution in [2.45, 2.75) is 39.5 Å². The fourth-order valence-corrected chi connectivity index (χ4v) is 1.91. The molecule has 0 unspecified atom stereocenters. The highest BCUT2D eigenvalue weighted by Crippen LogP contribution is 2.16. The van der Waals surface area contributed by atoms with Crippen LogP contribution in [-0.2, 0) is 11.2 Å². The van der Waals surface area contributed by atoms with Crippen LogP contribution in [0.2, 0.25) is 0 Å². The molecule has 0 bridgehead atoms. The number of rotatable bonds is 7. The van der Waals surface area contributed by atoms with Gasteiger partial charge in [-0.15, -0.1) is 0 Å². The van der Waals surface area contributed by atoms with E-state index in [9.17, 15) is 4.79 Å². The number of hydrogen-bond acceptors (Lipinski definition) is 4. The van der Waals surface area contributed by atoms with E-state index >= 15 is 0 Å². The number of carbonyl (C=O) groups excluding carboxylic acids is 1. The van der Waals surface area contributed by atoms with Crippen molar-refractivity contribution in [2.24, 2.45) is 0 Å². The summed E-state index contributed by atoms with van der Waals surface area (Å²) in [6, 6.07) is 7.96. The van der Waals surface area contributed by atoms with Crippen LogP contribution in [0.4, 0.5) is 0 Å². The summed E-state index contributed by atoms with van der Waals surface area (Å²) in [6.45, 7) is 4.63. The molecule has 0 aliphatic heterocycles. The summed E-state index contributed by atoms with van der Waals surface area (Å²) in [4.78, 5) is 15.8. The first-order valence-electron chi connectivity index (χ1n) is 7.35. The van der Waals surface area contributed by atoms with Crippen molar-refractivity contribution in [2.75, 3.05) is 6.54 Å². The first kappa shape index (κ1) is 15.2. The molecule has 21 heavy (non-hydrogen) atoms. The van der Waals surface area contributed by atoms with E-state index in [4.69, 9.17) is 4.52 Å². The molecule has 1 aromatic heterocycles. The summed E-state index contributed by atoms with van der Waals surface area (Å²) in [5, 5.41) is 6.82. The van der Waals surface area contributed by atoms with E-state index in [1.807, 2.05) is 31.2 Å². The zero-order chi connectivity index (χ0) is 15.1. The van der Waals surface area contributed by atoms with Gasteiger partial charge in [-0.25, -0.2) is 0 Å². The van der Waals surface area contributed by atoms with Gasteiger partial charge in [0.25, 0.3) is 0 Å². The number of carbonyl (C=O) groups is 1. The second-order valence-electron chi connectivity index (χ2n) is 5.08. The summed E-state index contributed by atoms with van der Waals surface area (Å²) < 4.78 is 5.20. The Kier molecular flexibility index (Phi) is 5.49. The highest BCUT2D eigenvalue weighted by atomic mass is 16.5. The molecule has 1 amide bonds. The Morgan fingerprint density at radius 2 is 2.05 bits per heavy atom. The molecule has 2 aromatic rings. The van der Waals surface area contributed by atoms with Crippen molar-refractivity contribution in [3.8, 4) is 11.4 Å². The Morgan fingerprint density at radius 1 is 1.29 bits per heavy atom. The van der Waals surface area contributed by atoms with E-state index in [-0.39, 0.29) is 5.91 Å². The van der Waals surface area contributed by atoms with Gasteiger partial charge in [-0.05, 0) is 13.3 Å². The third kappa shape index (κ3) is 4.70. The number of amides is 1. The predicted octanol–water partition coefficient (Wildman–Crippen LogP) is 2.89. The Balaban J connectivity index is 1.83. The van der Waals surface area contributed by atoms with E-state index in [1.165, 1.54) is 5.56 Å². The molecule has 5 nitrogen and oxygen atoms in total. The van der Waals surface area contributed by atoms with Gasteiger partial charge in [-0.2, -0.15) is 4.98 Å². The molecule has 0 atom stereocenters. The molecule has 0 aliphatic rings. The van der Waals surface area contributed by atoms with Gasteiger partial charge >= 0.3 is 0 Å². The largest absolute Gasteiger partial charge is 0.356 e. The lowest BCUT2D eigenvalue weighted by atomic mass is 10.1. The highest BCUT2D eigenvalue weighted by molar-refractivity contribution is 5.75. The molecule has 0 aliphatic carbocycles. The summed E-state index contributed by atoms with van der Waals surface area (Å²) in [7, 11) is 0. The minimum atomic E-state index is 0.0788. The summed E-state index contributed by atoms with van der Waals surface area (Å²) in [5.74, 6) is 1.21. The molecule has 1 N–H and O–H groups in total. The Bertz CT molecular complexity index is 575. The van der Waals surface area contributed by atoms with Gasteiger partial charge in [0.1, 0.15) is 0 Å².